The minimum atomic E-state index is -3.75. The molecule has 3 aliphatic rings. The number of amides is 2. The van der Waals surface area contributed by atoms with Gasteiger partial charge < -0.3 is 4.90 Å². The van der Waals surface area contributed by atoms with Crippen molar-refractivity contribution >= 4 is 21.8 Å². The van der Waals surface area contributed by atoms with Crippen molar-refractivity contribution in [3.8, 4) is 0 Å². The summed E-state index contributed by atoms with van der Waals surface area (Å²) in [6.07, 6.45) is 5.08. The molecule has 30 heavy (non-hydrogen) atoms. The second-order valence-electron chi connectivity index (χ2n) is 8.79. The highest BCUT2D eigenvalue weighted by atomic mass is 32.2. The zero-order valence-electron chi connectivity index (χ0n) is 17.9. The van der Waals surface area contributed by atoms with Gasteiger partial charge in [0.25, 0.3) is 5.91 Å². The Kier molecular flexibility index (Phi) is 5.26. The SMILES string of the molecule is CC(C)[C@H]1C(=O)N(S(C)(=O)=O)C2=CCN(C(=O)c3cc(CN4CCCC4)n(C)n3)[C@@H]21. The zero-order valence-corrected chi connectivity index (χ0v) is 18.7. The molecule has 0 bridgehead atoms. The first-order valence-corrected chi connectivity index (χ1v) is 12.2. The predicted octanol–water partition coefficient (Wildman–Crippen LogP) is 0.798. The highest BCUT2D eigenvalue weighted by molar-refractivity contribution is 7.89. The van der Waals surface area contributed by atoms with Crippen LogP contribution in [0.25, 0.3) is 0 Å². The summed E-state index contributed by atoms with van der Waals surface area (Å²) in [4.78, 5) is 30.2. The first kappa shape index (κ1) is 21.0. The first-order chi connectivity index (χ1) is 14.1. The van der Waals surface area contributed by atoms with Crippen molar-refractivity contribution in [2.24, 2.45) is 18.9 Å². The van der Waals surface area contributed by atoms with Crippen LogP contribution in [-0.2, 0) is 28.4 Å². The minimum absolute atomic E-state index is 0.111. The van der Waals surface area contributed by atoms with E-state index >= 15 is 0 Å². The highest BCUT2D eigenvalue weighted by Crippen LogP contribution is 2.41. The van der Waals surface area contributed by atoms with Gasteiger partial charge in [-0.2, -0.15) is 5.10 Å². The van der Waals surface area contributed by atoms with E-state index in [1.54, 1.807) is 15.7 Å². The Bertz CT molecular complexity index is 1010. The van der Waals surface area contributed by atoms with E-state index in [1.807, 2.05) is 27.0 Å². The predicted molar refractivity (Wildman–Crippen MR) is 111 cm³/mol. The average molecular weight is 436 g/mol. The van der Waals surface area contributed by atoms with Crippen molar-refractivity contribution in [3.05, 3.63) is 29.2 Å². The standard InChI is InChI=1S/C20H29N5O4S/c1-13(2)17-18-16(25(20(17)27)30(4,28)29)7-10-24(18)19(26)15-11-14(22(3)21-15)12-23-8-5-6-9-23/h7,11,13,17-18H,5-6,8-10,12H2,1-4H3/t17-,18+/m1/s1. The van der Waals surface area contributed by atoms with E-state index in [0.29, 0.717) is 11.4 Å². The van der Waals surface area contributed by atoms with E-state index in [9.17, 15) is 18.0 Å². The quantitative estimate of drug-likeness (QED) is 0.679. The Balaban J connectivity index is 1.61. The molecule has 9 nitrogen and oxygen atoms in total. The number of likely N-dealkylation sites (tertiary alicyclic amines) is 1. The van der Waals surface area contributed by atoms with Crippen LogP contribution < -0.4 is 0 Å². The fourth-order valence-electron chi connectivity index (χ4n) is 4.85. The van der Waals surface area contributed by atoms with Crippen LogP contribution in [0.2, 0.25) is 0 Å². The van der Waals surface area contributed by atoms with E-state index in [4.69, 9.17) is 0 Å². The second-order valence-corrected chi connectivity index (χ2v) is 10.6. The summed E-state index contributed by atoms with van der Waals surface area (Å²) in [6, 6.07) is 1.23. The largest absolute Gasteiger partial charge is 0.324 e. The molecule has 0 aliphatic carbocycles. The third-order valence-electron chi connectivity index (χ3n) is 6.29. The lowest BCUT2D eigenvalue weighted by atomic mass is 9.89. The van der Waals surface area contributed by atoms with Crippen molar-refractivity contribution in [1.82, 2.24) is 23.9 Å². The molecule has 10 heteroatoms. The van der Waals surface area contributed by atoms with E-state index < -0.39 is 27.9 Å². The Morgan fingerprint density at radius 1 is 1.27 bits per heavy atom. The van der Waals surface area contributed by atoms with Crippen molar-refractivity contribution in [2.45, 2.75) is 39.3 Å². The van der Waals surface area contributed by atoms with Crippen LogP contribution in [0, 0.1) is 11.8 Å². The summed E-state index contributed by atoms with van der Waals surface area (Å²) in [6.45, 7) is 6.87. The maximum Gasteiger partial charge on any atom is 0.275 e. The number of aryl methyl sites for hydroxylation is 1. The Labute approximate surface area is 177 Å². The van der Waals surface area contributed by atoms with Gasteiger partial charge in [-0.3, -0.25) is 19.2 Å². The van der Waals surface area contributed by atoms with Crippen molar-refractivity contribution in [1.29, 1.82) is 0 Å². The van der Waals surface area contributed by atoms with Gasteiger partial charge in [0.2, 0.25) is 15.9 Å². The molecule has 0 radical (unpaired) electrons. The monoisotopic (exact) mass is 435 g/mol. The average Bonchev–Trinajstić information content (AvgIpc) is 3.39. The second kappa shape index (κ2) is 7.49. The van der Waals surface area contributed by atoms with Crippen LogP contribution >= 0.6 is 0 Å². The summed E-state index contributed by atoms with van der Waals surface area (Å²) in [5.41, 5.74) is 1.69. The maximum absolute atomic E-state index is 13.3. The van der Waals surface area contributed by atoms with Crippen LogP contribution in [0.1, 0.15) is 42.9 Å². The molecule has 2 saturated heterocycles. The van der Waals surface area contributed by atoms with E-state index in [-0.39, 0.29) is 18.4 Å². The number of hydrogen-bond donors (Lipinski definition) is 0. The Morgan fingerprint density at radius 3 is 2.53 bits per heavy atom. The van der Waals surface area contributed by atoms with Crippen molar-refractivity contribution in [3.63, 3.8) is 0 Å². The third kappa shape index (κ3) is 3.45. The summed E-state index contributed by atoms with van der Waals surface area (Å²) < 4.78 is 27.1. The topological polar surface area (TPSA) is 95.8 Å². The number of hydrogen-bond acceptors (Lipinski definition) is 6. The zero-order chi connectivity index (χ0) is 21.8. The van der Waals surface area contributed by atoms with Crippen molar-refractivity contribution in [2.75, 3.05) is 25.9 Å². The molecule has 0 spiro atoms. The van der Waals surface area contributed by atoms with Crippen molar-refractivity contribution < 1.29 is 18.0 Å². The smallest absolute Gasteiger partial charge is 0.275 e. The third-order valence-corrected chi connectivity index (χ3v) is 7.34. The lowest BCUT2D eigenvalue weighted by molar-refractivity contribution is -0.128. The summed E-state index contributed by atoms with van der Waals surface area (Å²) in [5, 5.41) is 4.43. The molecule has 2 atom stereocenters. The number of aromatic nitrogens is 2. The number of sulfonamides is 1. The van der Waals surface area contributed by atoms with Gasteiger partial charge in [0.05, 0.1) is 29.6 Å². The van der Waals surface area contributed by atoms with E-state index in [2.05, 4.69) is 10.00 Å². The number of nitrogens with zero attached hydrogens (tertiary/aromatic N) is 5. The van der Waals surface area contributed by atoms with Gasteiger partial charge in [-0.05, 0) is 44.0 Å². The molecular weight excluding hydrogens is 406 g/mol. The molecule has 1 aromatic heterocycles. The van der Waals surface area contributed by atoms with Gasteiger partial charge in [0.15, 0.2) is 5.69 Å². The molecule has 1 aromatic rings. The van der Waals surface area contributed by atoms with Crippen LogP contribution in [0.5, 0.6) is 0 Å². The summed E-state index contributed by atoms with van der Waals surface area (Å²) in [5.74, 6) is -1.44. The minimum Gasteiger partial charge on any atom is -0.324 e. The van der Waals surface area contributed by atoms with Gasteiger partial charge >= 0.3 is 0 Å². The van der Waals surface area contributed by atoms with E-state index in [0.717, 1.165) is 35.9 Å². The number of rotatable bonds is 5. The van der Waals surface area contributed by atoms with Crippen LogP contribution in [-0.4, -0.2) is 76.0 Å². The molecule has 0 unspecified atom stereocenters. The molecule has 3 aliphatic heterocycles. The molecule has 2 amide bonds. The normalized spacial score (nSPS) is 24.8. The lowest BCUT2D eigenvalue weighted by Gasteiger charge is -2.28. The molecular formula is C20H29N5O4S. The summed E-state index contributed by atoms with van der Waals surface area (Å²) in [7, 11) is -1.92. The fraction of sp³-hybridized carbons (Fsp3) is 0.650. The molecule has 164 valence electrons. The van der Waals surface area contributed by atoms with Gasteiger partial charge in [0.1, 0.15) is 0 Å². The fourth-order valence-corrected chi connectivity index (χ4v) is 5.87. The highest BCUT2D eigenvalue weighted by Gasteiger charge is 2.55. The van der Waals surface area contributed by atoms with Gasteiger partial charge in [0, 0.05) is 20.1 Å². The molecule has 4 rings (SSSR count). The van der Waals surface area contributed by atoms with Gasteiger partial charge in [-0.15, -0.1) is 0 Å². The first-order valence-electron chi connectivity index (χ1n) is 10.4. The lowest BCUT2D eigenvalue weighted by Crippen LogP contribution is -2.43. The number of carbonyl (C=O) groups is 2. The van der Waals surface area contributed by atoms with Crippen LogP contribution in [0.15, 0.2) is 17.8 Å². The molecule has 4 heterocycles. The maximum atomic E-state index is 13.3. The van der Waals surface area contributed by atoms with Crippen LogP contribution in [0.3, 0.4) is 0 Å². The molecule has 0 saturated carbocycles. The molecule has 0 aromatic carbocycles. The van der Waals surface area contributed by atoms with E-state index in [1.165, 1.54) is 12.8 Å². The number of fused-ring (bicyclic) bond motifs is 1. The summed E-state index contributed by atoms with van der Waals surface area (Å²) >= 11 is 0. The Hall–Kier alpha value is -2.20. The molecule has 0 N–H and O–H groups in total. The van der Waals surface area contributed by atoms with Gasteiger partial charge in [-0.1, -0.05) is 13.8 Å². The van der Waals surface area contributed by atoms with Gasteiger partial charge in [-0.25, -0.2) is 12.7 Å². The number of carbonyl (C=O) groups excluding carboxylic acids is 2. The Morgan fingerprint density at radius 2 is 1.93 bits per heavy atom. The molecule has 2 fully saturated rings. The van der Waals surface area contributed by atoms with Crippen LogP contribution in [0.4, 0.5) is 0 Å².